The number of thiazole rings is 1. The van der Waals surface area contributed by atoms with Gasteiger partial charge in [0, 0.05) is 11.7 Å². The first-order valence-corrected chi connectivity index (χ1v) is 13.1. The molecule has 1 unspecified atom stereocenters. The maximum absolute atomic E-state index is 10.7. The lowest BCUT2D eigenvalue weighted by Gasteiger charge is -2.23. The van der Waals surface area contributed by atoms with Gasteiger partial charge in [-0.3, -0.25) is 4.57 Å². The van der Waals surface area contributed by atoms with E-state index in [4.69, 9.17) is 11.6 Å². The van der Waals surface area contributed by atoms with E-state index in [1.54, 1.807) is 0 Å². The van der Waals surface area contributed by atoms with Gasteiger partial charge < -0.3 is 15.7 Å². The highest BCUT2D eigenvalue weighted by Crippen LogP contribution is 2.33. The Morgan fingerprint density at radius 3 is 2.88 bits per heavy atom. The zero-order valence-corrected chi connectivity index (χ0v) is 20.6. The fraction of sp³-hybridized carbons (Fsp3) is 0.348. The highest BCUT2D eigenvalue weighted by molar-refractivity contribution is 7.99. The molecule has 3 heterocycles. The summed E-state index contributed by atoms with van der Waals surface area (Å²) in [5.41, 5.74) is 2.99. The monoisotopic (exact) mass is 500 g/mol. The van der Waals surface area contributed by atoms with Crippen LogP contribution in [0.4, 0.5) is 5.13 Å². The zero-order valence-electron chi connectivity index (χ0n) is 18.2. The maximum atomic E-state index is 10.7. The second-order valence-electron chi connectivity index (χ2n) is 8.11. The standard InChI is InChI=1S/C23H25ClN6OS2/c1-14-6-7-17-19(12-14)33-22(26-17)27-20(31)13-32-23-29-28-21(15-8-10-25-11-9-15)30(23)18-5-3-2-4-16(18)24/h2-7,12,15,20,25,31H,8-11,13H2,1H3,(H,26,27). The number of rotatable bonds is 7. The zero-order chi connectivity index (χ0) is 22.8. The summed E-state index contributed by atoms with van der Waals surface area (Å²) in [6.45, 7) is 3.99. The molecule has 7 nitrogen and oxygen atoms in total. The third kappa shape index (κ3) is 5.02. The van der Waals surface area contributed by atoms with Gasteiger partial charge in [-0.1, -0.05) is 52.9 Å². The Morgan fingerprint density at radius 1 is 1.24 bits per heavy atom. The number of aromatic nitrogens is 4. The van der Waals surface area contributed by atoms with Crippen molar-refractivity contribution in [1.82, 2.24) is 25.1 Å². The Hall–Kier alpha value is -2.17. The molecule has 0 radical (unpaired) electrons. The molecule has 1 aliphatic rings. The molecule has 5 rings (SSSR count). The van der Waals surface area contributed by atoms with Crippen LogP contribution in [-0.4, -0.2) is 49.9 Å². The Kier molecular flexibility index (Phi) is 6.84. The number of nitrogens with one attached hydrogen (secondary N) is 2. The molecule has 0 aliphatic carbocycles. The molecule has 1 fully saturated rings. The fourth-order valence-corrected chi connectivity index (χ4v) is 6.05. The fourth-order valence-electron chi connectivity index (χ4n) is 4.01. The number of benzene rings is 2. The van der Waals surface area contributed by atoms with E-state index in [9.17, 15) is 5.11 Å². The van der Waals surface area contributed by atoms with Crippen molar-refractivity contribution in [1.29, 1.82) is 0 Å². The number of nitrogens with zero attached hydrogens (tertiary/aromatic N) is 4. The average Bonchev–Trinajstić information content (AvgIpc) is 3.42. The number of hydrogen-bond donors (Lipinski definition) is 3. The molecular formula is C23H25ClN6OS2. The largest absolute Gasteiger partial charge is 0.373 e. The van der Waals surface area contributed by atoms with E-state index in [2.05, 4.69) is 43.4 Å². The molecule has 0 amide bonds. The van der Waals surface area contributed by atoms with E-state index in [1.807, 2.05) is 36.4 Å². The lowest BCUT2D eigenvalue weighted by Crippen LogP contribution is -2.28. The molecule has 33 heavy (non-hydrogen) atoms. The number of fused-ring (bicyclic) bond motifs is 1. The lowest BCUT2D eigenvalue weighted by molar-refractivity contribution is 0.229. The van der Waals surface area contributed by atoms with Gasteiger partial charge in [-0.25, -0.2) is 4.98 Å². The molecule has 0 bridgehead atoms. The number of halogens is 1. The van der Waals surface area contributed by atoms with E-state index in [-0.39, 0.29) is 0 Å². The third-order valence-corrected chi connectivity index (χ3v) is 7.93. The van der Waals surface area contributed by atoms with Gasteiger partial charge in [0.15, 0.2) is 10.3 Å². The summed E-state index contributed by atoms with van der Waals surface area (Å²) in [4.78, 5) is 4.57. The van der Waals surface area contributed by atoms with Crippen LogP contribution in [0.25, 0.3) is 15.9 Å². The molecule has 1 aliphatic heterocycles. The van der Waals surface area contributed by atoms with Crippen molar-refractivity contribution in [2.75, 3.05) is 24.2 Å². The maximum Gasteiger partial charge on any atom is 0.196 e. The number of anilines is 1. The number of para-hydroxylation sites is 1. The predicted molar refractivity (Wildman–Crippen MR) is 136 cm³/mol. The van der Waals surface area contributed by atoms with Gasteiger partial charge >= 0.3 is 0 Å². The summed E-state index contributed by atoms with van der Waals surface area (Å²) >= 11 is 9.54. The van der Waals surface area contributed by atoms with Crippen molar-refractivity contribution < 1.29 is 5.11 Å². The van der Waals surface area contributed by atoms with Crippen molar-refractivity contribution in [3.8, 4) is 5.69 Å². The van der Waals surface area contributed by atoms with Crippen LogP contribution in [0.1, 0.15) is 30.1 Å². The number of aliphatic hydroxyl groups is 1. The lowest BCUT2D eigenvalue weighted by atomic mass is 9.97. The van der Waals surface area contributed by atoms with Gasteiger partial charge in [-0.2, -0.15) is 0 Å². The Labute approximate surface area is 205 Å². The summed E-state index contributed by atoms with van der Waals surface area (Å²) in [6.07, 6.45) is 1.23. The van der Waals surface area contributed by atoms with E-state index >= 15 is 0 Å². The molecule has 1 atom stereocenters. The minimum atomic E-state index is -0.782. The SMILES string of the molecule is Cc1ccc2nc(NC(O)CSc3nnc(C4CCNCC4)n3-c3ccccc3Cl)sc2c1. The van der Waals surface area contributed by atoms with Gasteiger partial charge in [0.25, 0.3) is 0 Å². The predicted octanol–water partition coefficient (Wildman–Crippen LogP) is 4.83. The van der Waals surface area contributed by atoms with E-state index < -0.39 is 6.23 Å². The van der Waals surface area contributed by atoms with Crippen molar-refractivity contribution in [3.05, 3.63) is 58.9 Å². The molecule has 4 aromatic rings. The minimum absolute atomic E-state index is 0.318. The van der Waals surface area contributed by atoms with Gasteiger partial charge in [0.05, 0.1) is 20.9 Å². The molecule has 3 N–H and O–H groups in total. The van der Waals surface area contributed by atoms with Crippen LogP contribution < -0.4 is 10.6 Å². The van der Waals surface area contributed by atoms with E-state index in [1.165, 1.54) is 28.7 Å². The van der Waals surface area contributed by atoms with Crippen molar-refractivity contribution in [2.45, 2.75) is 37.1 Å². The smallest absolute Gasteiger partial charge is 0.196 e. The topological polar surface area (TPSA) is 87.9 Å². The molecule has 2 aromatic carbocycles. The van der Waals surface area contributed by atoms with Crippen LogP contribution in [0.3, 0.4) is 0 Å². The summed E-state index contributed by atoms with van der Waals surface area (Å²) in [7, 11) is 0. The van der Waals surface area contributed by atoms with Crippen molar-refractivity contribution in [2.24, 2.45) is 0 Å². The minimum Gasteiger partial charge on any atom is -0.373 e. The number of hydrogen-bond acceptors (Lipinski definition) is 8. The third-order valence-electron chi connectivity index (χ3n) is 5.66. The molecule has 2 aromatic heterocycles. The molecule has 0 spiro atoms. The highest BCUT2D eigenvalue weighted by Gasteiger charge is 2.25. The van der Waals surface area contributed by atoms with E-state index in [0.717, 1.165) is 52.8 Å². The summed E-state index contributed by atoms with van der Waals surface area (Å²) in [5.74, 6) is 1.64. The van der Waals surface area contributed by atoms with Crippen LogP contribution in [0.2, 0.25) is 5.02 Å². The Balaban J connectivity index is 1.35. The molecule has 10 heteroatoms. The molecular weight excluding hydrogens is 476 g/mol. The van der Waals surface area contributed by atoms with Gasteiger partial charge in [-0.15, -0.1) is 10.2 Å². The Bertz CT molecular complexity index is 1250. The van der Waals surface area contributed by atoms with Crippen LogP contribution in [-0.2, 0) is 0 Å². The molecule has 0 saturated carbocycles. The Morgan fingerprint density at radius 2 is 2.06 bits per heavy atom. The van der Waals surface area contributed by atoms with Gasteiger partial charge in [0.2, 0.25) is 0 Å². The quantitative estimate of drug-likeness (QED) is 0.247. The average molecular weight is 501 g/mol. The number of aliphatic hydroxyl groups excluding tert-OH is 1. The highest BCUT2D eigenvalue weighted by atomic mass is 35.5. The van der Waals surface area contributed by atoms with Gasteiger partial charge in [-0.05, 0) is 62.7 Å². The van der Waals surface area contributed by atoms with E-state index in [0.29, 0.717) is 21.8 Å². The van der Waals surface area contributed by atoms with Crippen LogP contribution in [0.15, 0.2) is 47.6 Å². The number of piperidine rings is 1. The van der Waals surface area contributed by atoms with Crippen molar-refractivity contribution in [3.63, 3.8) is 0 Å². The molecule has 1 saturated heterocycles. The normalized spacial score (nSPS) is 15.7. The summed E-state index contributed by atoms with van der Waals surface area (Å²) in [5, 5.41) is 28.3. The van der Waals surface area contributed by atoms with Crippen LogP contribution in [0.5, 0.6) is 0 Å². The second-order valence-corrected chi connectivity index (χ2v) is 10.5. The first-order valence-electron chi connectivity index (χ1n) is 10.9. The van der Waals surface area contributed by atoms with Crippen LogP contribution >= 0.6 is 34.7 Å². The first-order chi connectivity index (χ1) is 16.1. The van der Waals surface area contributed by atoms with Crippen molar-refractivity contribution >= 4 is 50.0 Å². The first kappa shape index (κ1) is 22.6. The summed E-state index contributed by atoms with van der Waals surface area (Å²) in [6, 6.07) is 13.9. The van der Waals surface area contributed by atoms with Crippen LogP contribution in [0, 0.1) is 6.92 Å². The second kappa shape index (κ2) is 9.99. The number of thioether (sulfide) groups is 1. The summed E-state index contributed by atoms with van der Waals surface area (Å²) < 4.78 is 3.15. The van der Waals surface area contributed by atoms with Gasteiger partial charge in [0.1, 0.15) is 12.1 Å². The molecule has 172 valence electrons. The number of aryl methyl sites for hydroxylation is 1.